The predicted octanol–water partition coefficient (Wildman–Crippen LogP) is 17.6. The molecule has 0 radical (unpaired) electrons. The quantitative estimate of drug-likeness (QED) is 0.142. The Balaban J connectivity index is 0.000000257. The lowest BCUT2D eigenvalue weighted by atomic mass is 10.7. The molecule has 0 atom stereocenters. The number of rotatable bonds is 0. The zero-order chi connectivity index (χ0) is 32.6. The fourth-order valence-corrected chi connectivity index (χ4v) is 7.44. The van der Waals surface area contributed by atoms with E-state index in [9.17, 15) is 0 Å². The third kappa shape index (κ3) is 30.7. The summed E-state index contributed by atoms with van der Waals surface area (Å²) in [4.78, 5) is 0. The molecule has 8 aromatic heterocycles. The summed E-state index contributed by atoms with van der Waals surface area (Å²) in [7, 11) is 0. The first-order chi connectivity index (χ1) is 22.0. The molecule has 0 aliphatic heterocycles. The van der Waals surface area contributed by atoms with Gasteiger partial charge in [-0.05, 0) is 149 Å². The van der Waals surface area contributed by atoms with Gasteiger partial charge in [0.1, 0.15) is 0 Å². The molecule has 0 saturated carbocycles. The van der Waals surface area contributed by atoms with Crippen LogP contribution in [0.2, 0.25) is 8.67 Å². The average molecular weight is 979 g/mol. The Morgan fingerprint density at radius 3 is 0.622 bits per heavy atom. The largest absolute Gasteiger partial charge is 0.152 e. The SMILES string of the molecule is Brc1cccs1.Brc1cccs1.Brc1cccs1.Clc1cccs1.Clc1cccs1.c1ccsc1.c1ccsc1.c1ccsc1. The first-order valence-corrected chi connectivity index (χ1v) is 22.7. The van der Waals surface area contributed by atoms with E-state index in [1.54, 1.807) is 90.7 Å². The molecular formula is C32H27Br3Cl2S8. The maximum Gasteiger partial charge on any atom is 0.0928 e. The summed E-state index contributed by atoms with van der Waals surface area (Å²) >= 11 is 34.2. The molecule has 45 heavy (non-hydrogen) atoms. The summed E-state index contributed by atoms with van der Waals surface area (Å²) in [5, 5.41) is 22.2. The minimum absolute atomic E-state index is 0.856. The molecule has 238 valence electrons. The second-order valence-electron chi connectivity index (χ2n) is 6.97. The van der Waals surface area contributed by atoms with Crippen molar-refractivity contribution in [3.63, 3.8) is 0 Å². The molecule has 0 fully saturated rings. The molecule has 0 nitrogen and oxygen atoms in total. The van der Waals surface area contributed by atoms with Crippen LogP contribution in [0.15, 0.2) is 168 Å². The number of hydrogen-bond donors (Lipinski definition) is 0. The first kappa shape index (κ1) is 42.6. The maximum absolute atomic E-state index is 5.47. The van der Waals surface area contributed by atoms with Crippen LogP contribution in [-0.2, 0) is 0 Å². The summed E-state index contributed by atoms with van der Waals surface area (Å²) < 4.78 is 5.30. The van der Waals surface area contributed by atoms with E-state index in [0.29, 0.717) is 0 Å². The van der Waals surface area contributed by atoms with Gasteiger partial charge in [0.2, 0.25) is 0 Å². The lowest BCUT2D eigenvalue weighted by molar-refractivity contribution is 1.97. The molecule has 0 unspecified atom stereocenters. The Hall–Kier alpha value is -0.380. The number of hydrogen-bond acceptors (Lipinski definition) is 8. The van der Waals surface area contributed by atoms with Crippen molar-refractivity contribution in [1.29, 1.82) is 0 Å². The molecule has 8 heterocycles. The zero-order valence-corrected chi connectivity index (χ0v) is 36.0. The van der Waals surface area contributed by atoms with Crippen molar-refractivity contribution in [2.75, 3.05) is 0 Å². The highest BCUT2D eigenvalue weighted by atomic mass is 79.9. The van der Waals surface area contributed by atoms with E-state index in [-0.39, 0.29) is 0 Å². The van der Waals surface area contributed by atoms with E-state index >= 15 is 0 Å². The van der Waals surface area contributed by atoms with E-state index in [1.165, 1.54) is 11.4 Å². The van der Waals surface area contributed by atoms with Crippen molar-refractivity contribution in [2.45, 2.75) is 0 Å². The maximum atomic E-state index is 5.47. The van der Waals surface area contributed by atoms with Gasteiger partial charge in [0.15, 0.2) is 0 Å². The first-order valence-electron chi connectivity index (χ1n) is 12.3. The molecule has 8 rings (SSSR count). The highest BCUT2D eigenvalue weighted by Gasteiger charge is 1.80. The second-order valence-corrected chi connectivity index (χ2v) is 19.6. The van der Waals surface area contributed by atoms with Crippen LogP contribution in [0.4, 0.5) is 0 Å². The molecule has 0 aliphatic rings. The van der Waals surface area contributed by atoms with E-state index in [2.05, 4.69) is 47.8 Å². The lowest BCUT2D eigenvalue weighted by Gasteiger charge is -1.62. The van der Waals surface area contributed by atoms with Gasteiger partial charge in [-0.15, -0.1) is 56.7 Å². The third-order valence-electron chi connectivity index (χ3n) is 3.71. The summed E-state index contributed by atoms with van der Waals surface area (Å²) in [5.41, 5.74) is 0. The van der Waals surface area contributed by atoms with Gasteiger partial charge in [-0.25, -0.2) is 0 Å². The van der Waals surface area contributed by atoms with Crippen LogP contribution < -0.4 is 0 Å². The Morgan fingerprint density at radius 2 is 0.556 bits per heavy atom. The molecule has 0 spiro atoms. The van der Waals surface area contributed by atoms with Gasteiger partial charge in [0.25, 0.3) is 0 Å². The van der Waals surface area contributed by atoms with E-state index in [1.807, 2.05) is 156 Å². The standard InChI is InChI=1S/3C4H3BrS.2C4H3ClS.3C4H4S/c5*5-4-2-1-3-6-4;3*1-2-4-5-3-1/h5*1-3H;3*1-4H. The summed E-state index contributed by atoms with van der Waals surface area (Å²) in [6.45, 7) is 0. The molecular weight excluding hydrogens is 952 g/mol. The molecule has 13 heteroatoms. The van der Waals surface area contributed by atoms with Crippen molar-refractivity contribution in [3.8, 4) is 0 Å². The number of thiophene rings is 8. The topological polar surface area (TPSA) is 0 Å². The van der Waals surface area contributed by atoms with Crippen molar-refractivity contribution < 1.29 is 0 Å². The molecule has 8 aromatic rings. The normalized spacial score (nSPS) is 8.56. The van der Waals surface area contributed by atoms with E-state index in [4.69, 9.17) is 23.2 Å². The van der Waals surface area contributed by atoms with Crippen LogP contribution in [-0.4, -0.2) is 0 Å². The van der Waals surface area contributed by atoms with Crippen LogP contribution in [0, 0.1) is 0 Å². The Morgan fingerprint density at radius 1 is 0.311 bits per heavy atom. The smallest absolute Gasteiger partial charge is 0.0928 e. The fourth-order valence-electron chi connectivity index (χ4n) is 1.97. The number of halogens is 5. The van der Waals surface area contributed by atoms with Crippen molar-refractivity contribution in [2.24, 2.45) is 0 Å². The summed E-state index contributed by atoms with van der Waals surface area (Å²) in [6.07, 6.45) is 0. The minimum atomic E-state index is 0.856. The molecule has 0 saturated heterocycles. The van der Waals surface area contributed by atoms with Gasteiger partial charge >= 0.3 is 0 Å². The molecule has 0 aliphatic carbocycles. The van der Waals surface area contributed by atoms with E-state index < -0.39 is 0 Å². The Kier molecular flexibility index (Phi) is 30.5. The van der Waals surface area contributed by atoms with Gasteiger partial charge < -0.3 is 0 Å². The van der Waals surface area contributed by atoms with Crippen LogP contribution >= 0.6 is 162 Å². The van der Waals surface area contributed by atoms with Crippen molar-refractivity contribution in [3.05, 3.63) is 176 Å². The molecule has 0 N–H and O–H groups in total. The van der Waals surface area contributed by atoms with Crippen LogP contribution in [0.3, 0.4) is 0 Å². The van der Waals surface area contributed by atoms with Crippen LogP contribution in [0.1, 0.15) is 0 Å². The lowest BCUT2D eigenvalue weighted by Crippen LogP contribution is -1.29. The third-order valence-corrected chi connectivity index (χ3v) is 12.1. The molecule has 0 amide bonds. The van der Waals surface area contributed by atoms with Gasteiger partial charge in [-0.2, -0.15) is 34.0 Å². The van der Waals surface area contributed by atoms with Gasteiger partial charge in [-0.1, -0.05) is 77.8 Å². The summed E-state index contributed by atoms with van der Waals surface area (Å²) in [5.74, 6) is 0. The Bertz CT molecular complexity index is 1210. The average Bonchev–Trinajstić information content (AvgIpc) is 3.90. The molecule has 0 aromatic carbocycles. The molecule has 0 bridgehead atoms. The minimum Gasteiger partial charge on any atom is -0.152 e. The summed E-state index contributed by atoms with van der Waals surface area (Å²) in [6, 6.07) is 31.8. The van der Waals surface area contributed by atoms with Gasteiger partial charge in [0.05, 0.1) is 20.0 Å². The van der Waals surface area contributed by atoms with Gasteiger partial charge in [-0.3, -0.25) is 0 Å². The highest BCUT2D eigenvalue weighted by Crippen LogP contribution is 2.16. The Labute approximate surface area is 333 Å². The van der Waals surface area contributed by atoms with Crippen molar-refractivity contribution >= 4 is 162 Å². The monoisotopic (exact) mass is 974 g/mol. The van der Waals surface area contributed by atoms with E-state index in [0.717, 1.165) is 8.67 Å². The zero-order valence-electron chi connectivity index (χ0n) is 23.2. The van der Waals surface area contributed by atoms with Gasteiger partial charge in [0, 0.05) is 0 Å². The highest BCUT2D eigenvalue weighted by molar-refractivity contribution is 9.11. The predicted molar refractivity (Wildman–Crippen MR) is 228 cm³/mol. The van der Waals surface area contributed by atoms with Crippen molar-refractivity contribution in [1.82, 2.24) is 0 Å². The van der Waals surface area contributed by atoms with Crippen LogP contribution in [0.5, 0.6) is 0 Å². The fraction of sp³-hybridized carbons (Fsp3) is 0. The van der Waals surface area contributed by atoms with Crippen LogP contribution in [0.25, 0.3) is 0 Å². The second kappa shape index (κ2) is 32.2.